The Morgan fingerprint density at radius 1 is 1.05 bits per heavy atom. The lowest BCUT2D eigenvalue weighted by Crippen LogP contribution is -2.65. The molecular weight excluding hydrogens is 587 g/mol. The van der Waals surface area contributed by atoms with Gasteiger partial charge < -0.3 is 20.8 Å². The Labute approximate surface area is 251 Å². The molecule has 0 heterocycles. The fourth-order valence-corrected chi connectivity index (χ4v) is 8.12. The summed E-state index contributed by atoms with van der Waals surface area (Å²) in [5, 5.41) is 24.7. The molecule has 2 fully saturated rings. The molecule has 238 valence electrons. The molecule has 0 spiro atoms. The highest BCUT2D eigenvalue weighted by atomic mass is 19.4. The number of amides is 2. The summed E-state index contributed by atoms with van der Waals surface area (Å²) >= 11 is 0. The lowest BCUT2D eigenvalue weighted by Gasteiger charge is -2.56. The van der Waals surface area contributed by atoms with Gasteiger partial charge in [-0.3, -0.25) is 9.59 Å². The van der Waals surface area contributed by atoms with E-state index in [2.05, 4.69) is 10.6 Å². The first kappa shape index (κ1) is 31.9. The topological polar surface area (TPSA) is 116 Å². The van der Waals surface area contributed by atoms with Crippen molar-refractivity contribution in [3.63, 3.8) is 0 Å². The van der Waals surface area contributed by atoms with E-state index in [4.69, 9.17) is 5.11 Å². The molecule has 4 aliphatic carbocycles. The number of benzene rings is 1. The third-order valence-corrected chi connectivity index (χ3v) is 10.2. The fraction of sp³-hybridized carbons (Fsp3) is 0.531. The second kappa shape index (κ2) is 11.4. The molecule has 4 N–H and O–H groups in total. The number of rotatable bonds is 7. The minimum Gasteiger partial charge on any atom is -0.480 e. The smallest absolute Gasteiger partial charge is 0.456 e. The highest BCUT2D eigenvalue weighted by Gasteiger charge is 2.79. The van der Waals surface area contributed by atoms with Crippen LogP contribution in [0.1, 0.15) is 68.9 Å². The van der Waals surface area contributed by atoms with Crippen LogP contribution in [0.3, 0.4) is 0 Å². The van der Waals surface area contributed by atoms with Crippen molar-refractivity contribution in [2.24, 2.45) is 17.3 Å². The molecule has 12 heteroatoms. The van der Waals surface area contributed by atoms with Gasteiger partial charge in [0.1, 0.15) is 12.1 Å². The summed E-state index contributed by atoms with van der Waals surface area (Å²) in [7, 11) is 0. The number of carbonyl (C=O) groups excluding carboxylic acids is 2. The Kier molecular flexibility index (Phi) is 8.28. The number of carboxylic acid groups (broad SMARTS) is 1. The third-order valence-electron chi connectivity index (χ3n) is 10.2. The number of nitrogens with one attached hydrogen (secondary N) is 2. The number of hydrogen-bond donors (Lipinski definition) is 4. The van der Waals surface area contributed by atoms with E-state index in [1.807, 2.05) is 0 Å². The average Bonchev–Trinajstić information content (AvgIpc) is 3.24. The first-order valence-corrected chi connectivity index (χ1v) is 14.7. The highest BCUT2D eigenvalue weighted by molar-refractivity contribution is 5.93. The molecule has 0 radical (unpaired) electrons. The van der Waals surface area contributed by atoms with E-state index in [0.717, 1.165) is 27.8 Å². The van der Waals surface area contributed by atoms with Crippen LogP contribution in [0.15, 0.2) is 53.1 Å². The van der Waals surface area contributed by atoms with Gasteiger partial charge in [0.2, 0.25) is 0 Å². The molecule has 0 aromatic heterocycles. The maximum Gasteiger partial charge on any atom is 0.456 e. The van der Waals surface area contributed by atoms with E-state index in [0.29, 0.717) is 25.7 Å². The molecule has 5 atom stereocenters. The van der Waals surface area contributed by atoms with Crippen molar-refractivity contribution in [2.75, 3.05) is 13.1 Å². The van der Waals surface area contributed by atoms with E-state index in [-0.39, 0.29) is 31.1 Å². The van der Waals surface area contributed by atoms with E-state index < -0.39 is 59.9 Å². The van der Waals surface area contributed by atoms with E-state index >= 15 is 8.78 Å². The summed E-state index contributed by atoms with van der Waals surface area (Å²) < 4.78 is 71.5. The lowest BCUT2D eigenvalue weighted by molar-refractivity contribution is -0.362. The quantitative estimate of drug-likeness (QED) is 0.282. The van der Waals surface area contributed by atoms with Crippen molar-refractivity contribution in [3.8, 4) is 0 Å². The van der Waals surface area contributed by atoms with Gasteiger partial charge in [0.25, 0.3) is 0 Å². The van der Waals surface area contributed by atoms with Crippen molar-refractivity contribution in [3.05, 3.63) is 64.3 Å². The highest BCUT2D eigenvalue weighted by Crippen LogP contribution is 2.70. The van der Waals surface area contributed by atoms with Crippen LogP contribution in [-0.4, -0.2) is 58.8 Å². The van der Waals surface area contributed by atoms with Crippen LogP contribution >= 0.6 is 0 Å². The summed E-state index contributed by atoms with van der Waals surface area (Å²) in [6, 6.07) is 6.51. The SMILES string of the molecule is C[C@]12C[C@H](c3ccc(C=CCNC(=O)NCC(=O)O)cc3)C3=C4CCC(=O)C=C4CC[C@H]3[C@@H]1CC[C@@]2(O)C(F)(F)C(F)(F)F. The van der Waals surface area contributed by atoms with Crippen molar-refractivity contribution in [2.45, 2.75) is 75.5 Å². The van der Waals surface area contributed by atoms with Gasteiger partial charge in [-0.25, -0.2) is 4.79 Å². The molecule has 0 aliphatic heterocycles. The first-order valence-electron chi connectivity index (χ1n) is 14.7. The van der Waals surface area contributed by atoms with Crippen molar-refractivity contribution >= 4 is 23.9 Å². The first-order chi connectivity index (χ1) is 20.6. The molecule has 44 heavy (non-hydrogen) atoms. The Morgan fingerprint density at radius 2 is 1.75 bits per heavy atom. The number of aliphatic carboxylic acids is 1. The van der Waals surface area contributed by atoms with Gasteiger partial charge in [-0.1, -0.05) is 48.9 Å². The minimum absolute atomic E-state index is 0.0186. The second-order valence-electron chi connectivity index (χ2n) is 12.5. The van der Waals surface area contributed by atoms with Crippen molar-refractivity contribution in [1.82, 2.24) is 10.6 Å². The molecule has 0 saturated heterocycles. The lowest BCUT2D eigenvalue weighted by atomic mass is 9.50. The number of hydrogen-bond acceptors (Lipinski definition) is 4. The number of aliphatic hydroxyl groups is 1. The number of halogens is 5. The minimum atomic E-state index is -5.90. The summed E-state index contributed by atoms with van der Waals surface area (Å²) in [6.45, 7) is 0.994. The maximum atomic E-state index is 15.1. The monoisotopic (exact) mass is 622 g/mol. The molecule has 4 aliphatic rings. The third kappa shape index (κ3) is 5.35. The van der Waals surface area contributed by atoms with Gasteiger partial charge in [0, 0.05) is 24.3 Å². The summed E-state index contributed by atoms with van der Waals surface area (Å²) in [4.78, 5) is 34.4. The molecule has 2 amide bonds. The number of fused-ring (bicyclic) bond motifs is 4. The van der Waals surface area contributed by atoms with Crippen LogP contribution in [0.4, 0.5) is 26.7 Å². The normalized spacial score (nSPS) is 30.4. The zero-order valence-corrected chi connectivity index (χ0v) is 24.1. The predicted octanol–water partition coefficient (Wildman–Crippen LogP) is 5.91. The Hall–Kier alpha value is -3.54. The van der Waals surface area contributed by atoms with Gasteiger partial charge >= 0.3 is 24.1 Å². The van der Waals surface area contributed by atoms with Crippen LogP contribution in [0.5, 0.6) is 0 Å². The molecule has 5 rings (SSSR count). The van der Waals surface area contributed by atoms with Gasteiger partial charge in [-0.05, 0) is 78.7 Å². The number of allylic oxidation sites excluding steroid dienone is 4. The van der Waals surface area contributed by atoms with Gasteiger partial charge in [0.15, 0.2) is 5.78 Å². The van der Waals surface area contributed by atoms with E-state index in [1.165, 1.54) is 6.92 Å². The number of carbonyl (C=O) groups is 3. The molecule has 1 aromatic rings. The van der Waals surface area contributed by atoms with E-state index in [1.54, 1.807) is 42.5 Å². The molecule has 1 aromatic carbocycles. The van der Waals surface area contributed by atoms with Crippen LogP contribution in [-0.2, 0) is 9.59 Å². The molecular formula is C32H35F5N2O5. The molecule has 0 bridgehead atoms. The molecule has 2 saturated carbocycles. The number of alkyl halides is 5. The molecule has 7 nitrogen and oxygen atoms in total. The van der Waals surface area contributed by atoms with Gasteiger partial charge in [0.05, 0.1) is 0 Å². The number of ketones is 1. The van der Waals surface area contributed by atoms with Crippen molar-refractivity contribution < 1.29 is 46.5 Å². The van der Waals surface area contributed by atoms with Crippen molar-refractivity contribution in [1.29, 1.82) is 0 Å². The standard InChI is InChI=1S/C32H35F5N2O5/c1-29-16-24(19-6-4-18(5-7-19)3-2-14-38-28(43)39-17-26(41)42)27-22-11-9-21(40)15-20(22)8-10-23(27)25(29)12-13-30(29,44)31(33,34)32(35,36)37/h2-7,15,23-25,44H,8-14,16-17H2,1H3,(H,41,42)(H2,38,39,43)/t23-,24+,25-,29-,30-/m0/s1. The average molecular weight is 623 g/mol. The zero-order valence-electron chi connectivity index (χ0n) is 24.1. The van der Waals surface area contributed by atoms with Crippen LogP contribution in [0.25, 0.3) is 6.08 Å². The van der Waals surface area contributed by atoms with Gasteiger partial charge in [-0.15, -0.1) is 0 Å². The Balaban J connectivity index is 1.47. The summed E-state index contributed by atoms with van der Waals surface area (Å²) in [6.07, 6.45) is 0.260. The maximum absolute atomic E-state index is 15.1. The number of carboxylic acids is 1. The Morgan fingerprint density at radius 3 is 2.41 bits per heavy atom. The zero-order chi connectivity index (χ0) is 32.1. The Bertz CT molecular complexity index is 1430. The summed E-state index contributed by atoms with van der Waals surface area (Å²) in [5.74, 6) is -7.84. The predicted molar refractivity (Wildman–Crippen MR) is 151 cm³/mol. The van der Waals surface area contributed by atoms with E-state index in [9.17, 15) is 32.7 Å². The second-order valence-corrected chi connectivity index (χ2v) is 12.5. The van der Waals surface area contributed by atoms with Crippen LogP contribution < -0.4 is 10.6 Å². The largest absolute Gasteiger partial charge is 0.480 e. The fourth-order valence-electron chi connectivity index (χ4n) is 8.12. The summed E-state index contributed by atoms with van der Waals surface area (Å²) in [5.41, 5.74) is -0.605. The molecule has 0 unspecified atom stereocenters. The number of urea groups is 1. The van der Waals surface area contributed by atoms with Crippen LogP contribution in [0.2, 0.25) is 0 Å². The van der Waals surface area contributed by atoms with Gasteiger partial charge in [-0.2, -0.15) is 22.0 Å². The van der Waals surface area contributed by atoms with Crippen LogP contribution in [0, 0.1) is 17.3 Å².